The number of hydrogen-bond acceptors (Lipinski definition) is 2. The van der Waals surface area contributed by atoms with Gasteiger partial charge >= 0.3 is 0 Å². The van der Waals surface area contributed by atoms with Gasteiger partial charge in [0.05, 0.1) is 0 Å². The van der Waals surface area contributed by atoms with E-state index in [0.717, 1.165) is 30.6 Å². The van der Waals surface area contributed by atoms with Gasteiger partial charge in [0, 0.05) is 12.3 Å². The van der Waals surface area contributed by atoms with Crippen LogP contribution in [0.1, 0.15) is 56.1 Å². The number of aliphatic hydroxyl groups excluding tert-OH is 1. The molecule has 1 rings (SSSR count). The Balaban J connectivity index is 2.10. The molecule has 2 nitrogen and oxygen atoms in total. The van der Waals surface area contributed by atoms with Gasteiger partial charge in [-0.3, -0.25) is 0 Å². The molecule has 0 radical (unpaired) electrons. The Morgan fingerprint density at radius 2 is 2.05 bits per heavy atom. The molecule has 0 aliphatic carbocycles. The van der Waals surface area contributed by atoms with Gasteiger partial charge < -0.3 is 9.52 Å². The molecular formula is C16H25ClO2. The van der Waals surface area contributed by atoms with Crippen LogP contribution in [-0.4, -0.2) is 11.0 Å². The van der Waals surface area contributed by atoms with Crippen LogP contribution in [0.3, 0.4) is 0 Å². The first-order valence-corrected chi connectivity index (χ1v) is 7.61. The van der Waals surface area contributed by atoms with Crippen molar-refractivity contribution in [1.82, 2.24) is 0 Å². The second kappa shape index (κ2) is 9.22. The SMILES string of the molecule is CC(=CCCCCCCc1cc(C)c(CO)o1)CCl. The topological polar surface area (TPSA) is 33.4 Å². The molecule has 0 amide bonds. The molecule has 1 aromatic heterocycles. The molecule has 1 aromatic rings. The summed E-state index contributed by atoms with van der Waals surface area (Å²) >= 11 is 5.71. The summed E-state index contributed by atoms with van der Waals surface area (Å²) in [5, 5.41) is 9.06. The minimum Gasteiger partial charge on any atom is -0.463 e. The molecule has 108 valence electrons. The van der Waals surface area contributed by atoms with Gasteiger partial charge in [0.2, 0.25) is 0 Å². The van der Waals surface area contributed by atoms with Gasteiger partial charge in [0.25, 0.3) is 0 Å². The summed E-state index contributed by atoms with van der Waals surface area (Å²) in [4.78, 5) is 0. The largest absolute Gasteiger partial charge is 0.463 e. The maximum absolute atomic E-state index is 9.06. The number of allylic oxidation sites excluding steroid dienone is 2. The van der Waals surface area contributed by atoms with E-state index < -0.39 is 0 Å². The summed E-state index contributed by atoms with van der Waals surface area (Å²) in [5.41, 5.74) is 2.32. The fourth-order valence-electron chi connectivity index (χ4n) is 2.07. The number of aliphatic hydroxyl groups is 1. The van der Waals surface area contributed by atoms with Crippen LogP contribution in [0.4, 0.5) is 0 Å². The molecule has 1 heterocycles. The highest BCUT2D eigenvalue weighted by Gasteiger charge is 2.05. The fourth-order valence-corrected chi connectivity index (χ4v) is 2.18. The van der Waals surface area contributed by atoms with E-state index in [2.05, 4.69) is 13.0 Å². The summed E-state index contributed by atoms with van der Waals surface area (Å²) in [5.74, 6) is 2.35. The predicted octanol–water partition coefficient (Wildman–Crippen LogP) is 4.76. The molecule has 0 bridgehead atoms. The van der Waals surface area contributed by atoms with Crippen molar-refractivity contribution in [1.29, 1.82) is 0 Å². The average molecular weight is 285 g/mol. The third kappa shape index (κ3) is 6.31. The molecule has 0 unspecified atom stereocenters. The van der Waals surface area contributed by atoms with E-state index in [0.29, 0.717) is 11.6 Å². The van der Waals surface area contributed by atoms with Gasteiger partial charge in [-0.25, -0.2) is 0 Å². The van der Waals surface area contributed by atoms with E-state index >= 15 is 0 Å². The molecule has 0 saturated carbocycles. The lowest BCUT2D eigenvalue weighted by Crippen LogP contribution is -1.84. The van der Waals surface area contributed by atoms with E-state index in [1.165, 1.54) is 24.8 Å². The Morgan fingerprint density at radius 3 is 2.68 bits per heavy atom. The zero-order valence-electron chi connectivity index (χ0n) is 12.0. The van der Waals surface area contributed by atoms with Crippen LogP contribution in [0, 0.1) is 6.92 Å². The maximum Gasteiger partial charge on any atom is 0.132 e. The number of unbranched alkanes of at least 4 members (excludes halogenated alkanes) is 4. The first-order valence-electron chi connectivity index (χ1n) is 7.08. The lowest BCUT2D eigenvalue weighted by Gasteiger charge is -1.99. The van der Waals surface area contributed by atoms with E-state index in [1.54, 1.807) is 0 Å². The van der Waals surface area contributed by atoms with Gasteiger partial charge in [0.1, 0.15) is 18.1 Å². The van der Waals surface area contributed by atoms with Crippen molar-refractivity contribution >= 4 is 11.6 Å². The van der Waals surface area contributed by atoms with Crippen LogP contribution in [-0.2, 0) is 13.0 Å². The number of alkyl halides is 1. The average Bonchev–Trinajstić information content (AvgIpc) is 2.77. The van der Waals surface area contributed by atoms with E-state index in [4.69, 9.17) is 21.1 Å². The molecule has 0 saturated heterocycles. The van der Waals surface area contributed by atoms with Crippen molar-refractivity contribution in [3.05, 3.63) is 34.8 Å². The van der Waals surface area contributed by atoms with Gasteiger partial charge in [-0.05, 0) is 44.7 Å². The monoisotopic (exact) mass is 284 g/mol. The lowest BCUT2D eigenvalue weighted by atomic mass is 10.1. The van der Waals surface area contributed by atoms with Crippen molar-refractivity contribution in [2.24, 2.45) is 0 Å². The second-order valence-electron chi connectivity index (χ2n) is 5.11. The third-order valence-electron chi connectivity index (χ3n) is 3.30. The van der Waals surface area contributed by atoms with E-state index in [9.17, 15) is 0 Å². The molecule has 0 aliphatic rings. The predicted molar refractivity (Wildman–Crippen MR) is 80.6 cm³/mol. The number of halogens is 1. The Bertz CT molecular complexity index is 393. The zero-order chi connectivity index (χ0) is 14.1. The highest BCUT2D eigenvalue weighted by Crippen LogP contribution is 2.17. The van der Waals surface area contributed by atoms with Gasteiger partial charge in [-0.1, -0.05) is 24.5 Å². The van der Waals surface area contributed by atoms with Crippen LogP contribution < -0.4 is 0 Å². The summed E-state index contributed by atoms with van der Waals surface area (Å²) in [6.07, 6.45) is 9.19. The Kier molecular flexibility index (Phi) is 7.92. The molecule has 3 heteroatoms. The standard InChI is InChI=1S/C16H25ClO2/c1-13(11-17)8-6-4-3-5-7-9-15-10-14(2)16(12-18)19-15/h8,10,18H,3-7,9,11-12H2,1-2H3. The molecule has 1 N–H and O–H groups in total. The summed E-state index contributed by atoms with van der Waals surface area (Å²) < 4.78 is 5.56. The number of furan rings is 1. The number of aryl methyl sites for hydroxylation is 2. The van der Waals surface area contributed by atoms with Crippen LogP contribution in [0.2, 0.25) is 0 Å². The molecule has 0 fully saturated rings. The van der Waals surface area contributed by atoms with Gasteiger partial charge in [-0.15, -0.1) is 11.6 Å². The molecule has 0 atom stereocenters. The highest BCUT2D eigenvalue weighted by atomic mass is 35.5. The molecule has 0 aliphatic heterocycles. The Hall–Kier alpha value is -0.730. The zero-order valence-corrected chi connectivity index (χ0v) is 12.8. The van der Waals surface area contributed by atoms with Crippen molar-refractivity contribution in [2.75, 3.05) is 5.88 Å². The van der Waals surface area contributed by atoms with Gasteiger partial charge in [-0.2, -0.15) is 0 Å². The molecule has 0 aromatic carbocycles. The van der Waals surface area contributed by atoms with Crippen molar-refractivity contribution in [3.8, 4) is 0 Å². The van der Waals surface area contributed by atoms with E-state index in [-0.39, 0.29) is 6.61 Å². The minimum atomic E-state index is -0.00189. The van der Waals surface area contributed by atoms with Crippen molar-refractivity contribution in [2.45, 2.75) is 59.0 Å². The summed E-state index contributed by atoms with van der Waals surface area (Å²) in [6, 6.07) is 2.04. The lowest BCUT2D eigenvalue weighted by molar-refractivity contribution is 0.242. The smallest absolute Gasteiger partial charge is 0.132 e. The first kappa shape index (κ1) is 16.3. The summed E-state index contributed by atoms with van der Waals surface area (Å²) in [6.45, 7) is 4.05. The van der Waals surface area contributed by atoms with Crippen molar-refractivity contribution in [3.63, 3.8) is 0 Å². The number of rotatable bonds is 9. The minimum absolute atomic E-state index is 0.00189. The molecular weight excluding hydrogens is 260 g/mol. The summed E-state index contributed by atoms with van der Waals surface area (Å²) in [7, 11) is 0. The molecule has 19 heavy (non-hydrogen) atoms. The second-order valence-corrected chi connectivity index (χ2v) is 5.38. The van der Waals surface area contributed by atoms with Crippen LogP contribution in [0.5, 0.6) is 0 Å². The quantitative estimate of drug-likeness (QED) is 0.403. The maximum atomic E-state index is 9.06. The van der Waals surface area contributed by atoms with Crippen LogP contribution in [0.25, 0.3) is 0 Å². The highest BCUT2D eigenvalue weighted by molar-refractivity contribution is 6.19. The number of hydrogen-bond donors (Lipinski definition) is 1. The Morgan fingerprint density at radius 1 is 1.32 bits per heavy atom. The fraction of sp³-hybridized carbons (Fsp3) is 0.625. The molecule has 0 spiro atoms. The normalized spacial score (nSPS) is 12.1. The third-order valence-corrected chi connectivity index (χ3v) is 3.72. The Labute approximate surface area is 121 Å². The van der Waals surface area contributed by atoms with E-state index in [1.807, 2.05) is 13.0 Å². The van der Waals surface area contributed by atoms with Crippen LogP contribution >= 0.6 is 11.6 Å². The van der Waals surface area contributed by atoms with Crippen LogP contribution in [0.15, 0.2) is 22.1 Å². The first-order chi connectivity index (χ1) is 9.17. The van der Waals surface area contributed by atoms with Crippen molar-refractivity contribution < 1.29 is 9.52 Å². The van der Waals surface area contributed by atoms with Gasteiger partial charge in [0.15, 0.2) is 0 Å².